The van der Waals surface area contributed by atoms with Crippen LogP contribution in [0.2, 0.25) is 0 Å². The molecule has 0 fully saturated rings. The molecule has 0 saturated heterocycles. The molecule has 1 aliphatic carbocycles. The van der Waals surface area contributed by atoms with Crippen LogP contribution in [0.3, 0.4) is 0 Å². The number of ether oxygens (including phenoxy) is 1. The average molecular weight is 301 g/mol. The van der Waals surface area contributed by atoms with Crippen LogP contribution in [0.15, 0.2) is 28.9 Å². The molecule has 3 rings (SSSR count). The first-order chi connectivity index (χ1) is 10.7. The van der Waals surface area contributed by atoms with Crippen LogP contribution in [-0.2, 0) is 11.2 Å². The molecule has 1 aromatic carbocycles. The number of amides is 1. The summed E-state index contributed by atoms with van der Waals surface area (Å²) >= 11 is 0. The number of carbonyl (C=O) groups excluding carboxylic acids is 1. The van der Waals surface area contributed by atoms with Gasteiger partial charge >= 0.3 is 0 Å². The number of rotatable bonds is 6. The third-order valence-electron chi connectivity index (χ3n) is 3.96. The van der Waals surface area contributed by atoms with Crippen LogP contribution >= 0.6 is 0 Å². The van der Waals surface area contributed by atoms with E-state index in [1.165, 1.54) is 11.1 Å². The Morgan fingerprint density at radius 2 is 2.27 bits per heavy atom. The predicted molar refractivity (Wildman–Crippen MR) is 79.7 cm³/mol. The number of fused-ring (bicyclic) bond motifs is 1. The van der Waals surface area contributed by atoms with E-state index in [9.17, 15) is 4.79 Å². The lowest BCUT2D eigenvalue weighted by molar-refractivity contribution is -0.121. The Kier molecular flexibility index (Phi) is 4.37. The number of benzene rings is 1. The van der Waals surface area contributed by atoms with Gasteiger partial charge in [0.2, 0.25) is 5.91 Å². The third-order valence-corrected chi connectivity index (χ3v) is 3.96. The van der Waals surface area contributed by atoms with Crippen LogP contribution in [0.25, 0.3) is 0 Å². The van der Waals surface area contributed by atoms with Crippen molar-refractivity contribution >= 4 is 5.91 Å². The fourth-order valence-electron chi connectivity index (χ4n) is 2.85. The molecule has 6 heteroatoms. The SMILES string of the molecule is Cc1nonc1OCCNC(=O)C[C@H]1CCc2ccccc21. The highest BCUT2D eigenvalue weighted by atomic mass is 16.6. The lowest BCUT2D eigenvalue weighted by atomic mass is 9.97. The fourth-order valence-corrected chi connectivity index (χ4v) is 2.85. The van der Waals surface area contributed by atoms with E-state index in [0.717, 1.165) is 12.8 Å². The lowest BCUT2D eigenvalue weighted by Gasteiger charge is -2.11. The van der Waals surface area contributed by atoms with Crippen LogP contribution < -0.4 is 10.1 Å². The van der Waals surface area contributed by atoms with Crippen LogP contribution in [0, 0.1) is 6.92 Å². The predicted octanol–water partition coefficient (Wildman–Crippen LogP) is 1.99. The molecular weight excluding hydrogens is 282 g/mol. The van der Waals surface area contributed by atoms with Crippen molar-refractivity contribution in [2.24, 2.45) is 0 Å². The van der Waals surface area contributed by atoms with Gasteiger partial charge in [0.25, 0.3) is 5.88 Å². The number of hydrogen-bond acceptors (Lipinski definition) is 5. The summed E-state index contributed by atoms with van der Waals surface area (Å²) in [7, 11) is 0. The molecule has 1 amide bonds. The molecule has 22 heavy (non-hydrogen) atoms. The molecule has 1 N–H and O–H groups in total. The van der Waals surface area contributed by atoms with Gasteiger partial charge in [0.15, 0.2) is 0 Å². The van der Waals surface area contributed by atoms with E-state index in [0.29, 0.717) is 37.1 Å². The van der Waals surface area contributed by atoms with Gasteiger partial charge in [-0.15, -0.1) is 0 Å². The quantitative estimate of drug-likeness (QED) is 0.826. The van der Waals surface area contributed by atoms with Crippen LogP contribution in [0.5, 0.6) is 5.88 Å². The number of hydrogen-bond donors (Lipinski definition) is 1. The zero-order valence-electron chi connectivity index (χ0n) is 12.5. The van der Waals surface area contributed by atoms with Crippen molar-refractivity contribution in [3.63, 3.8) is 0 Å². The first-order valence-electron chi connectivity index (χ1n) is 7.50. The van der Waals surface area contributed by atoms with Crippen molar-refractivity contribution in [3.05, 3.63) is 41.1 Å². The summed E-state index contributed by atoms with van der Waals surface area (Å²) in [5.41, 5.74) is 3.30. The standard InChI is InChI=1S/C16H19N3O3/c1-11-16(19-22-18-11)21-9-8-17-15(20)10-13-7-6-12-4-2-3-5-14(12)13/h2-5,13H,6-10H2,1H3,(H,17,20)/t13-/m1/s1. The number of carbonyl (C=O) groups is 1. The summed E-state index contributed by atoms with van der Waals surface area (Å²) in [6.45, 7) is 2.55. The number of aromatic nitrogens is 2. The van der Waals surface area contributed by atoms with Crippen LogP contribution in [0.1, 0.15) is 35.6 Å². The molecule has 1 aromatic heterocycles. The molecule has 2 aromatic rings. The second-order valence-electron chi connectivity index (χ2n) is 5.49. The second-order valence-corrected chi connectivity index (χ2v) is 5.49. The molecule has 0 unspecified atom stereocenters. The summed E-state index contributed by atoms with van der Waals surface area (Å²) in [5, 5.41) is 10.1. The highest BCUT2D eigenvalue weighted by Crippen LogP contribution is 2.34. The average Bonchev–Trinajstić information content (AvgIpc) is 3.11. The molecule has 1 atom stereocenters. The molecule has 1 aliphatic rings. The zero-order chi connectivity index (χ0) is 15.4. The maximum atomic E-state index is 12.0. The van der Waals surface area contributed by atoms with Gasteiger partial charge < -0.3 is 10.1 Å². The van der Waals surface area contributed by atoms with Gasteiger partial charge in [-0.3, -0.25) is 4.79 Å². The van der Waals surface area contributed by atoms with Crippen molar-refractivity contribution in [2.45, 2.75) is 32.1 Å². The maximum absolute atomic E-state index is 12.0. The van der Waals surface area contributed by atoms with E-state index in [1.54, 1.807) is 6.92 Å². The molecular formula is C16H19N3O3. The Morgan fingerprint density at radius 1 is 1.41 bits per heavy atom. The summed E-state index contributed by atoms with van der Waals surface area (Å²) in [4.78, 5) is 12.0. The van der Waals surface area contributed by atoms with E-state index in [-0.39, 0.29) is 5.91 Å². The zero-order valence-corrected chi connectivity index (χ0v) is 12.5. The minimum atomic E-state index is 0.0558. The van der Waals surface area contributed by atoms with Crippen molar-refractivity contribution in [2.75, 3.05) is 13.2 Å². The van der Waals surface area contributed by atoms with Crippen molar-refractivity contribution in [1.82, 2.24) is 15.6 Å². The summed E-state index contributed by atoms with van der Waals surface area (Å²) in [6.07, 6.45) is 2.64. The fraction of sp³-hybridized carbons (Fsp3) is 0.438. The molecule has 0 aliphatic heterocycles. The van der Waals surface area contributed by atoms with E-state index < -0.39 is 0 Å². The smallest absolute Gasteiger partial charge is 0.278 e. The Labute approximate surface area is 128 Å². The van der Waals surface area contributed by atoms with E-state index >= 15 is 0 Å². The minimum absolute atomic E-state index is 0.0558. The number of nitrogens with one attached hydrogen (secondary N) is 1. The van der Waals surface area contributed by atoms with Crippen molar-refractivity contribution < 1.29 is 14.2 Å². The normalized spacial score (nSPS) is 16.3. The molecule has 1 heterocycles. The Balaban J connectivity index is 1.41. The molecule has 0 radical (unpaired) electrons. The highest BCUT2D eigenvalue weighted by molar-refractivity contribution is 5.77. The summed E-state index contributed by atoms with van der Waals surface area (Å²) < 4.78 is 9.90. The highest BCUT2D eigenvalue weighted by Gasteiger charge is 2.23. The third kappa shape index (κ3) is 3.27. The lowest BCUT2D eigenvalue weighted by Crippen LogP contribution is -2.29. The first-order valence-corrected chi connectivity index (χ1v) is 7.50. The molecule has 0 saturated carbocycles. The molecule has 0 bridgehead atoms. The van der Waals surface area contributed by atoms with Gasteiger partial charge in [-0.1, -0.05) is 29.4 Å². The van der Waals surface area contributed by atoms with E-state index in [1.807, 2.05) is 6.07 Å². The monoisotopic (exact) mass is 301 g/mol. The topological polar surface area (TPSA) is 77.2 Å². The largest absolute Gasteiger partial charge is 0.472 e. The van der Waals surface area contributed by atoms with Gasteiger partial charge in [-0.05, 0) is 42.0 Å². The molecule has 6 nitrogen and oxygen atoms in total. The Hall–Kier alpha value is -2.37. The van der Waals surface area contributed by atoms with Gasteiger partial charge in [0.1, 0.15) is 12.3 Å². The van der Waals surface area contributed by atoms with Crippen LogP contribution in [0.4, 0.5) is 0 Å². The number of nitrogens with zero attached hydrogens (tertiary/aromatic N) is 2. The Morgan fingerprint density at radius 3 is 3.09 bits per heavy atom. The molecule has 116 valence electrons. The van der Waals surface area contributed by atoms with Gasteiger partial charge in [-0.2, -0.15) is 0 Å². The summed E-state index contributed by atoms with van der Waals surface area (Å²) in [5.74, 6) is 0.762. The van der Waals surface area contributed by atoms with Gasteiger partial charge in [-0.25, -0.2) is 4.63 Å². The minimum Gasteiger partial charge on any atom is -0.472 e. The van der Waals surface area contributed by atoms with E-state index in [4.69, 9.17) is 4.74 Å². The Bertz CT molecular complexity index is 654. The van der Waals surface area contributed by atoms with Crippen LogP contribution in [-0.4, -0.2) is 29.4 Å². The van der Waals surface area contributed by atoms with Gasteiger partial charge in [0.05, 0.1) is 6.54 Å². The number of aryl methyl sites for hydroxylation is 2. The molecule has 0 spiro atoms. The van der Waals surface area contributed by atoms with Crippen molar-refractivity contribution in [3.8, 4) is 5.88 Å². The maximum Gasteiger partial charge on any atom is 0.278 e. The summed E-state index contributed by atoms with van der Waals surface area (Å²) in [6, 6.07) is 8.37. The van der Waals surface area contributed by atoms with Gasteiger partial charge in [0, 0.05) is 6.42 Å². The first kappa shape index (κ1) is 14.6. The van der Waals surface area contributed by atoms with E-state index in [2.05, 4.69) is 38.5 Å². The van der Waals surface area contributed by atoms with Crippen molar-refractivity contribution in [1.29, 1.82) is 0 Å². The second kappa shape index (κ2) is 6.60.